The van der Waals surface area contributed by atoms with E-state index in [1.54, 1.807) is 6.26 Å². The first-order chi connectivity index (χ1) is 5.47. The van der Waals surface area contributed by atoms with Crippen molar-refractivity contribution in [3.05, 3.63) is 18.4 Å². The Morgan fingerprint density at radius 1 is 1.27 bits per heavy atom. The van der Waals surface area contributed by atoms with Gasteiger partial charge in [0.15, 0.2) is 0 Å². The Morgan fingerprint density at radius 2 is 2.09 bits per heavy atom. The van der Waals surface area contributed by atoms with Crippen LogP contribution in [0.1, 0.15) is 32.1 Å². The molecule has 61 valence electrons. The number of nitrogens with one attached hydrogen (secondary N) is 1. The van der Waals surface area contributed by atoms with Crippen molar-refractivity contribution >= 4 is 0 Å². The van der Waals surface area contributed by atoms with Crippen LogP contribution in [0.2, 0.25) is 0 Å². The minimum atomic E-state index is 0.738. The first-order valence-corrected chi connectivity index (χ1v) is 4.42. The van der Waals surface area contributed by atoms with Gasteiger partial charge in [0.05, 0.1) is 0 Å². The average Bonchev–Trinajstić information content (AvgIpc) is 2.58. The monoisotopic (exact) mass is 152 g/mol. The summed E-state index contributed by atoms with van der Waals surface area (Å²) < 4.78 is 0. The maximum absolute atomic E-state index is 4.94. The first kappa shape index (κ1) is 7.17. The molecule has 2 aliphatic rings. The van der Waals surface area contributed by atoms with Crippen LogP contribution in [0.25, 0.3) is 0 Å². The van der Waals surface area contributed by atoms with Crippen molar-refractivity contribution < 1.29 is 4.84 Å². The molecule has 0 unspecified atom stereocenters. The Morgan fingerprint density at radius 3 is 2.73 bits per heavy atom. The quantitative estimate of drug-likeness (QED) is 0.621. The summed E-state index contributed by atoms with van der Waals surface area (Å²) in [6.45, 7) is 0. The van der Waals surface area contributed by atoms with E-state index in [9.17, 15) is 0 Å². The molecule has 0 aromatic heterocycles. The molecule has 2 rings (SSSR count). The second-order valence-corrected chi connectivity index (χ2v) is 3.31. The van der Waals surface area contributed by atoms with Crippen LogP contribution in [0, 0.1) is 12.0 Å². The Bertz CT molecular complexity index is 150. The zero-order chi connectivity index (χ0) is 7.52. The molecule has 1 aliphatic heterocycles. The highest BCUT2D eigenvalue weighted by Gasteiger charge is 2.24. The molecule has 0 atom stereocenters. The Hall–Kier alpha value is -0.500. The zero-order valence-electron chi connectivity index (χ0n) is 6.68. The van der Waals surface area contributed by atoms with Gasteiger partial charge in [0, 0.05) is 0 Å². The molecule has 0 amide bonds. The lowest BCUT2D eigenvalue weighted by Gasteiger charge is -2.24. The molecule has 0 saturated heterocycles. The van der Waals surface area contributed by atoms with E-state index in [1.807, 2.05) is 0 Å². The number of hydroxylamine groups is 1. The van der Waals surface area contributed by atoms with Crippen LogP contribution in [-0.2, 0) is 4.84 Å². The van der Waals surface area contributed by atoms with Gasteiger partial charge in [-0.25, -0.2) is 0 Å². The molecule has 0 aromatic rings. The van der Waals surface area contributed by atoms with Crippen LogP contribution >= 0.6 is 0 Å². The molecule has 1 saturated carbocycles. The van der Waals surface area contributed by atoms with E-state index in [2.05, 4.69) is 11.6 Å². The van der Waals surface area contributed by atoms with Gasteiger partial charge in [-0.15, -0.1) is 5.48 Å². The van der Waals surface area contributed by atoms with Gasteiger partial charge in [-0.1, -0.05) is 19.3 Å². The second kappa shape index (κ2) is 3.26. The molecule has 0 spiro atoms. The fourth-order valence-corrected chi connectivity index (χ4v) is 1.88. The van der Waals surface area contributed by atoms with Gasteiger partial charge in [-0.3, -0.25) is 0 Å². The third-order valence-electron chi connectivity index (χ3n) is 2.54. The highest BCUT2D eigenvalue weighted by atomic mass is 16.6. The normalized spacial score (nSPS) is 27.3. The molecule has 0 aromatic carbocycles. The zero-order valence-corrected chi connectivity index (χ0v) is 6.68. The van der Waals surface area contributed by atoms with Gasteiger partial charge >= 0.3 is 0 Å². The summed E-state index contributed by atoms with van der Waals surface area (Å²) in [6, 6.07) is 1.28. The molecular weight excluding hydrogens is 138 g/mol. The Kier molecular flexibility index (Phi) is 2.13. The van der Waals surface area contributed by atoms with Crippen molar-refractivity contribution in [1.29, 1.82) is 0 Å². The van der Waals surface area contributed by atoms with Crippen molar-refractivity contribution in [2.45, 2.75) is 32.1 Å². The molecule has 1 N–H and O–H groups in total. The number of rotatable bonds is 1. The smallest absolute Gasteiger partial charge is 0.109 e. The highest BCUT2D eigenvalue weighted by Crippen LogP contribution is 2.31. The summed E-state index contributed by atoms with van der Waals surface area (Å²) in [4.78, 5) is 4.94. The highest BCUT2D eigenvalue weighted by molar-refractivity contribution is 5.11. The minimum absolute atomic E-state index is 0.738. The van der Waals surface area contributed by atoms with E-state index < -0.39 is 0 Å². The van der Waals surface area contributed by atoms with Crippen molar-refractivity contribution in [2.24, 2.45) is 5.92 Å². The van der Waals surface area contributed by atoms with Crippen molar-refractivity contribution in [2.75, 3.05) is 0 Å². The van der Waals surface area contributed by atoms with Crippen LogP contribution in [0.4, 0.5) is 0 Å². The summed E-state index contributed by atoms with van der Waals surface area (Å²) in [7, 11) is 0. The predicted octanol–water partition coefficient (Wildman–Crippen LogP) is 2.15. The molecule has 2 nitrogen and oxygen atoms in total. The first-order valence-electron chi connectivity index (χ1n) is 4.42. The fourth-order valence-electron chi connectivity index (χ4n) is 1.88. The predicted molar refractivity (Wildman–Crippen MR) is 43.2 cm³/mol. The van der Waals surface area contributed by atoms with Gasteiger partial charge in [0.25, 0.3) is 0 Å². The van der Waals surface area contributed by atoms with E-state index >= 15 is 0 Å². The summed E-state index contributed by atoms with van der Waals surface area (Å²) in [5.74, 6) is 0.738. The van der Waals surface area contributed by atoms with E-state index in [-0.39, 0.29) is 0 Å². The summed E-state index contributed by atoms with van der Waals surface area (Å²) in [6.07, 6.45) is 10.6. The number of hydrogen-bond donors (Lipinski definition) is 1. The molecule has 1 radical (unpaired) electrons. The summed E-state index contributed by atoms with van der Waals surface area (Å²) in [5.41, 5.74) is 2.93. The minimum Gasteiger partial charge on any atom is -0.416 e. The van der Waals surface area contributed by atoms with Gasteiger partial charge < -0.3 is 4.84 Å². The molecule has 1 heterocycles. The van der Waals surface area contributed by atoms with Gasteiger partial charge in [0.1, 0.15) is 12.3 Å². The lowest BCUT2D eigenvalue weighted by Crippen LogP contribution is -2.23. The topological polar surface area (TPSA) is 21.3 Å². The third-order valence-corrected chi connectivity index (χ3v) is 2.54. The Labute approximate surface area is 67.6 Å². The van der Waals surface area contributed by atoms with Crippen molar-refractivity contribution in [3.8, 4) is 0 Å². The van der Waals surface area contributed by atoms with Crippen molar-refractivity contribution in [3.63, 3.8) is 0 Å². The van der Waals surface area contributed by atoms with Gasteiger partial charge in [-0.05, 0) is 24.8 Å². The van der Waals surface area contributed by atoms with Crippen molar-refractivity contribution in [1.82, 2.24) is 5.48 Å². The van der Waals surface area contributed by atoms with E-state index in [4.69, 9.17) is 4.84 Å². The largest absolute Gasteiger partial charge is 0.416 e. The van der Waals surface area contributed by atoms with Crippen LogP contribution in [0.3, 0.4) is 0 Å². The lowest BCUT2D eigenvalue weighted by atomic mass is 9.84. The third kappa shape index (κ3) is 1.56. The van der Waals surface area contributed by atoms with Crippen LogP contribution in [-0.4, -0.2) is 0 Å². The van der Waals surface area contributed by atoms with Gasteiger partial charge in [0.2, 0.25) is 0 Å². The fraction of sp³-hybridized carbons (Fsp3) is 0.667. The number of hydrogen-bond acceptors (Lipinski definition) is 2. The van der Waals surface area contributed by atoms with Crippen LogP contribution in [0.5, 0.6) is 0 Å². The van der Waals surface area contributed by atoms with E-state index in [0.29, 0.717) is 0 Å². The molecule has 1 fully saturated rings. The maximum atomic E-state index is 4.94. The molecule has 0 bridgehead atoms. The van der Waals surface area contributed by atoms with E-state index in [1.165, 1.54) is 38.1 Å². The van der Waals surface area contributed by atoms with Crippen LogP contribution in [0.15, 0.2) is 12.3 Å². The molecule has 1 aliphatic carbocycles. The second-order valence-electron chi connectivity index (χ2n) is 3.31. The van der Waals surface area contributed by atoms with E-state index in [0.717, 1.165) is 5.92 Å². The standard InChI is InChI=1S/C9H14NO/c1-2-4-8(5-3-1)9-6-7-11-10-9/h6-8,10H,1-5H2. The SMILES string of the molecule is C1=C[C](C2CCCCC2)NO1. The molecule has 2 heteroatoms. The summed E-state index contributed by atoms with van der Waals surface area (Å²) in [5, 5.41) is 0. The maximum Gasteiger partial charge on any atom is 0.109 e. The summed E-state index contributed by atoms with van der Waals surface area (Å²) >= 11 is 0. The Balaban J connectivity index is 1.87. The average molecular weight is 152 g/mol. The van der Waals surface area contributed by atoms with Gasteiger partial charge in [-0.2, -0.15) is 0 Å². The molecule has 11 heavy (non-hydrogen) atoms. The molecular formula is C9H14NO. The van der Waals surface area contributed by atoms with Crippen LogP contribution < -0.4 is 5.48 Å². The lowest BCUT2D eigenvalue weighted by molar-refractivity contribution is 0.148.